The van der Waals surface area contributed by atoms with Gasteiger partial charge in [-0.1, -0.05) is 35.5 Å². The van der Waals surface area contributed by atoms with Crippen LogP contribution in [0.25, 0.3) is 11.3 Å². The number of aliphatic hydroxyl groups is 1. The number of carboxylic acids is 1. The SMILES string of the molecule is CC(O)(CNC(=O)c1cc(-c2ccccc2)no1)C(=O)O. The molecular weight excluding hydrogens is 276 g/mol. The molecule has 0 radical (unpaired) electrons. The monoisotopic (exact) mass is 290 g/mol. The Bertz CT molecular complexity index is 648. The summed E-state index contributed by atoms with van der Waals surface area (Å²) < 4.78 is 4.92. The lowest BCUT2D eigenvalue weighted by Crippen LogP contribution is -2.46. The van der Waals surface area contributed by atoms with Crippen molar-refractivity contribution in [2.45, 2.75) is 12.5 Å². The van der Waals surface area contributed by atoms with Gasteiger partial charge in [-0.15, -0.1) is 0 Å². The largest absolute Gasteiger partial charge is 0.479 e. The van der Waals surface area contributed by atoms with Crippen LogP contribution in [-0.4, -0.2) is 39.4 Å². The minimum Gasteiger partial charge on any atom is -0.479 e. The normalized spacial score (nSPS) is 13.4. The summed E-state index contributed by atoms with van der Waals surface area (Å²) in [7, 11) is 0. The van der Waals surface area contributed by atoms with Gasteiger partial charge in [-0.2, -0.15) is 0 Å². The van der Waals surface area contributed by atoms with Crippen molar-refractivity contribution in [2.24, 2.45) is 0 Å². The van der Waals surface area contributed by atoms with Crippen LogP contribution in [0.4, 0.5) is 0 Å². The van der Waals surface area contributed by atoms with Gasteiger partial charge in [0, 0.05) is 11.6 Å². The maximum Gasteiger partial charge on any atom is 0.337 e. The first-order valence-corrected chi connectivity index (χ1v) is 6.16. The summed E-state index contributed by atoms with van der Waals surface area (Å²) >= 11 is 0. The highest BCUT2D eigenvalue weighted by atomic mass is 16.5. The number of amides is 1. The summed E-state index contributed by atoms with van der Waals surface area (Å²) in [6.07, 6.45) is 0. The molecule has 1 unspecified atom stereocenters. The standard InChI is InChI=1S/C14H14N2O5/c1-14(20,13(18)19)8-15-12(17)11-7-10(16-21-11)9-5-3-2-4-6-9/h2-7,20H,8H2,1H3,(H,15,17)(H,18,19). The van der Waals surface area contributed by atoms with Crippen molar-refractivity contribution in [3.8, 4) is 11.3 Å². The minimum absolute atomic E-state index is 0.0601. The number of benzene rings is 1. The number of nitrogens with zero attached hydrogens (tertiary/aromatic N) is 1. The molecule has 0 saturated carbocycles. The second-order valence-electron chi connectivity index (χ2n) is 4.70. The van der Waals surface area contributed by atoms with Crippen molar-refractivity contribution >= 4 is 11.9 Å². The van der Waals surface area contributed by atoms with Crippen molar-refractivity contribution in [1.29, 1.82) is 0 Å². The first kappa shape index (κ1) is 14.7. The first-order chi connectivity index (χ1) is 9.90. The summed E-state index contributed by atoms with van der Waals surface area (Å²) in [5, 5.41) is 24.3. The third kappa shape index (κ3) is 3.46. The second-order valence-corrected chi connectivity index (χ2v) is 4.70. The third-order valence-electron chi connectivity index (χ3n) is 2.86. The molecule has 21 heavy (non-hydrogen) atoms. The number of carbonyl (C=O) groups excluding carboxylic acids is 1. The zero-order valence-corrected chi connectivity index (χ0v) is 11.2. The quantitative estimate of drug-likeness (QED) is 0.754. The van der Waals surface area contributed by atoms with Crippen LogP contribution < -0.4 is 5.32 Å². The Balaban J connectivity index is 2.05. The Morgan fingerprint density at radius 1 is 1.33 bits per heavy atom. The number of hydrogen-bond acceptors (Lipinski definition) is 5. The average molecular weight is 290 g/mol. The van der Waals surface area contributed by atoms with Crippen LogP contribution >= 0.6 is 0 Å². The van der Waals surface area contributed by atoms with Crippen LogP contribution in [0.5, 0.6) is 0 Å². The van der Waals surface area contributed by atoms with Gasteiger partial charge in [0.15, 0.2) is 5.60 Å². The van der Waals surface area contributed by atoms with Gasteiger partial charge in [0.25, 0.3) is 5.91 Å². The Morgan fingerprint density at radius 3 is 2.62 bits per heavy atom. The Hall–Kier alpha value is -2.67. The molecule has 1 amide bonds. The highest BCUT2D eigenvalue weighted by Gasteiger charge is 2.30. The molecule has 3 N–H and O–H groups in total. The number of rotatable bonds is 5. The fourth-order valence-electron chi connectivity index (χ4n) is 1.54. The van der Waals surface area contributed by atoms with Gasteiger partial charge in [-0.3, -0.25) is 4.79 Å². The van der Waals surface area contributed by atoms with E-state index in [1.54, 1.807) is 0 Å². The van der Waals surface area contributed by atoms with E-state index < -0.39 is 24.0 Å². The van der Waals surface area contributed by atoms with E-state index in [9.17, 15) is 14.7 Å². The summed E-state index contributed by atoms with van der Waals surface area (Å²) in [6, 6.07) is 10.6. The highest BCUT2D eigenvalue weighted by molar-refractivity contribution is 5.92. The lowest BCUT2D eigenvalue weighted by molar-refractivity contribution is -0.155. The predicted molar refractivity (Wildman–Crippen MR) is 72.5 cm³/mol. The Kier molecular flexibility index (Phi) is 4.04. The summed E-state index contributed by atoms with van der Waals surface area (Å²) in [5.74, 6) is -2.13. The summed E-state index contributed by atoms with van der Waals surface area (Å²) in [6.45, 7) is 0.647. The van der Waals surface area contributed by atoms with Gasteiger partial charge in [-0.05, 0) is 6.92 Å². The van der Waals surface area contributed by atoms with E-state index in [0.29, 0.717) is 5.69 Å². The first-order valence-electron chi connectivity index (χ1n) is 6.16. The van der Waals surface area contributed by atoms with Crippen molar-refractivity contribution < 1.29 is 24.3 Å². The number of carbonyl (C=O) groups is 2. The third-order valence-corrected chi connectivity index (χ3v) is 2.86. The average Bonchev–Trinajstić information content (AvgIpc) is 2.95. The lowest BCUT2D eigenvalue weighted by atomic mass is 10.1. The molecule has 0 aliphatic carbocycles. The van der Waals surface area contributed by atoms with Gasteiger partial charge < -0.3 is 20.1 Å². The van der Waals surface area contributed by atoms with E-state index in [-0.39, 0.29) is 5.76 Å². The molecular formula is C14H14N2O5. The number of aliphatic carboxylic acids is 1. The second kappa shape index (κ2) is 5.76. The van der Waals surface area contributed by atoms with E-state index in [2.05, 4.69) is 10.5 Å². The molecule has 0 aliphatic heterocycles. The van der Waals surface area contributed by atoms with Crippen molar-refractivity contribution in [3.05, 3.63) is 42.2 Å². The molecule has 0 bridgehead atoms. The van der Waals surface area contributed by atoms with Crippen molar-refractivity contribution in [3.63, 3.8) is 0 Å². The molecule has 2 aromatic rings. The van der Waals surface area contributed by atoms with E-state index in [1.165, 1.54) is 6.07 Å². The molecule has 1 heterocycles. The van der Waals surface area contributed by atoms with Crippen LogP contribution in [0.3, 0.4) is 0 Å². The number of hydrogen-bond donors (Lipinski definition) is 3. The molecule has 7 nitrogen and oxygen atoms in total. The molecule has 0 fully saturated rings. The zero-order valence-electron chi connectivity index (χ0n) is 11.2. The Morgan fingerprint density at radius 2 is 2.00 bits per heavy atom. The smallest absolute Gasteiger partial charge is 0.337 e. The Labute approximate surface area is 120 Å². The van der Waals surface area contributed by atoms with E-state index in [4.69, 9.17) is 9.63 Å². The van der Waals surface area contributed by atoms with Crippen molar-refractivity contribution in [1.82, 2.24) is 10.5 Å². The molecule has 0 spiro atoms. The van der Waals surface area contributed by atoms with Crippen LogP contribution in [0.1, 0.15) is 17.5 Å². The van der Waals surface area contributed by atoms with Crippen molar-refractivity contribution in [2.75, 3.05) is 6.54 Å². The molecule has 110 valence electrons. The topological polar surface area (TPSA) is 113 Å². The lowest BCUT2D eigenvalue weighted by Gasteiger charge is -2.17. The molecule has 1 aromatic heterocycles. The van der Waals surface area contributed by atoms with Gasteiger partial charge in [-0.25, -0.2) is 4.79 Å². The molecule has 1 aromatic carbocycles. The van der Waals surface area contributed by atoms with Crippen LogP contribution in [0.15, 0.2) is 40.9 Å². The summed E-state index contributed by atoms with van der Waals surface area (Å²) in [5.41, 5.74) is -0.763. The van der Waals surface area contributed by atoms with E-state index in [0.717, 1.165) is 12.5 Å². The van der Waals surface area contributed by atoms with Gasteiger partial charge >= 0.3 is 5.97 Å². The molecule has 7 heteroatoms. The van der Waals surface area contributed by atoms with Crippen LogP contribution in [0.2, 0.25) is 0 Å². The minimum atomic E-state index is -2.04. The molecule has 1 atom stereocenters. The maximum atomic E-state index is 11.8. The fourth-order valence-corrected chi connectivity index (χ4v) is 1.54. The highest BCUT2D eigenvalue weighted by Crippen LogP contribution is 2.18. The van der Waals surface area contributed by atoms with Gasteiger partial charge in [0.1, 0.15) is 5.69 Å². The maximum absolute atomic E-state index is 11.8. The van der Waals surface area contributed by atoms with E-state index in [1.807, 2.05) is 30.3 Å². The van der Waals surface area contributed by atoms with Crippen LogP contribution in [0, 0.1) is 0 Å². The molecule has 2 rings (SSSR count). The van der Waals surface area contributed by atoms with Crippen LogP contribution in [-0.2, 0) is 4.79 Å². The van der Waals surface area contributed by atoms with Gasteiger partial charge in [0.05, 0.1) is 6.54 Å². The number of aromatic nitrogens is 1. The molecule has 0 saturated heterocycles. The van der Waals surface area contributed by atoms with E-state index >= 15 is 0 Å². The predicted octanol–water partition coefficient (Wildman–Crippen LogP) is 0.907. The zero-order chi connectivity index (χ0) is 15.5. The summed E-state index contributed by atoms with van der Waals surface area (Å²) in [4.78, 5) is 22.5. The van der Waals surface area contributed by atoms with Gasteiger partial charge in [0.2, 0.25) is 5.76 Å². The number of nitrogens with one attached hydrogen (secondary N) is 1. The number of carboxylic acid groups (broad SMARTS) is 1. The molecule has 0 aliphatic rings. The fraction of sp³-hybridized carbons (Fsp3) is 0.214.